The molecule has 0 aromatic heterocycles. The molecule has 0 heterocycles. The second-order valence-electron chi connectivity index (χ2n) is 3.79. The third kappa shape index (κ3) is 4.30. The lowest BCUT2D eigenvalue weighted by Crippen LogP contribution is -2.17. The number of rotatable bonds is 4. The average molecular weight is 332 g/mol. The van der Waals surface area contributed by atoms with Crippen LogP contribution in [0.4, 0.5) is 0 Å². The highest BCUT2D eigenvalue weighted by Gasteiger charge is 2.08. The van der Waals surface area contributed by atoms with E-state index in [2.05, 4.69) is 0 Å². The fourth-order valence-corrected chi connectivity index (χ4v) is 1.98. The number of hydrogen-bond donors (Lipinski definition) is 0. The van der Waals surface area contributed by atoms with Crippen molar-refractivity contribution in [2.45, 2.75) is 0 Å². The molecule has 20 heavy (non-hydrogen) atoms. The summed E-state index contributed by atoms with van der Waals surface area (Å²) >= 11 is 17.4. The molecular weight excluding hydrogens is 323 g/mol. The van der Waals surface area contributed by atoms with Gasteiger partial charge in [0, 0.05) is 10.0 Å². The van der Waals surface area contributed by atoms with Gasteiger partial charge in [0.25, 0.3) is 0 Å². The highest BCUT2D eigenvalue weighted by Crippen LogP contribution is 2.27. The second-order valence-corrected chi connectivity index (χ2v) is 5.07. The van der Waals surface area contributed by atoms with E-state index in [-0.39, 0.29) is 6.61 Å². The largest absolute Gasteiger partial charge is 0.480 e. The van der Waals surface area contributed by atoms with Crippen LogP contribution in [0.25, 0.3) is 0 Å². The van der Waals surface area contributed by atoms with Crippen molar-refractivity contribution in [2.24, 2.45) is 0 Å². The normalized spacial score (nSPS) is 10.2. The summed E-state index contributed by atoms with van der Waals surface area (Å²) in [5.74, 6) is 0.215. The summed E-state index contributed by atoms with van der Waals surface area (Å²) in [5.41, 5.74) is 0. The van der Waals surface area contributed by atoms with E-state index in [1.165, 1.54) is 6.07 Å². The molecule has 0 saturated carbocycles. The van der Waals surface area contributed by atoms with Gasteiger partial charge in [0.2, 0.25) is 0 Å². The summed E-state index contributed by atoms with van der Waals surface area (Å²) in [6.07, 6.45) is 0. The van der Waals surface area contributed by atoms with Gasteiger partial charge in [-0.3, -0.25) is 0 Å². The number of ether oxygens (including phenoxy) is 2. The maximum atomic E-state index is 11.6. The minimum absolute atomic E-state index is 0.260. The van der Waals surface area contributed by atoms with Crippen molar-refractivity contribution < 1.29 is 14.3 Å². The molecule has 0 aliphatic carbocycles. The predicted molar refractivity (Wildman–Crippen MR) is 79.0 cm³/mol. The molecule has 0 radical (unpaired) electrons. The van der Waals surface area contributed by atoms with E-state index in [4.69, 9.17) is 44.3 Å². The summed E-state index contributed by atoms with van der Waals surface area (Å²) in [4.78, 5) is 11.6. The van der Waals surface area contributed by atoms with Crippen molar-refractivity contribution in [2.75, 3.05) is 6.61 Å². The van der Waals surface area contributed by atoms with Gasteiger partial charge in [0.1, 0.15) is 11.5 Å². The second kappa shape index (κ2) is 6.84. The summed E-state index contributed by atoms with van der Waals surface area (Å²) in [7, 11) is 0. The lowest BCUT2D eigenvalue weighted by atomic mass is 10.3. The fraction of sp³-hybridized carbons (Fsp3) is 0.0714. The Bertz CT molecular complexity index is 612. The number of halogens is 3. The first kappa shape index (κ1) is 15.0. The highest BCUT2D eigenvalue weighted by atomic mass is 35.5. The average Bonchev–Trinajstić information content (AvgIpc) is 2.40. The quantitative estimate of drug-likeness (QED) is 0.605. The molecule has 0 atom stereocenters. The Morgan fingerprint density at radius 1 is 0.950 bits per heavy atom. The van der Waals surface area contributed by atoms with Crippen LogP contribution in [0.2, 0.25) is 15.1 Å². The molecular formula is C14H9Cl3O3. The molecule has 0 aliphatic rings. The van der Waals surface area contributed by atoms with Gasteiger partial charge in [-0.05, 0) is 42.5 Å². The van der Waals surface area contributed by atoms with Gasteiger partial charge in [-0.15, -0.1) is 0 Å². The fourth-order valence-electron chi connectivity index (χ4n) is 1.39. The summed E-state index contributed by atoms with van der Waals surface area (Å²) in [6.45, 7) is -0.260. The summed E-state index contributed by atoms with van der Waals surface area (Å²) < 4.78 is 10.3. The minimum Gasteiger partial charge on any atom is -0.480 e. The zero-order chi connectivity index (χ0) is 14.5. The first-order valence-corrected chi connectivity index (χ1v) is 6.72. The molecule has 0 bridgehead atoms. The van der Waals surface area contributed by atoms with Crippen molar-refractivity contribution in [1.29, 1.82) is 0 Å². The van der Waals surface area contributed by atoms with E-state index in [9.17, 15) is 4.79 Å². The highest BCUT2D eigenvalue weighted by molar-refractivity contribution is 6.35. The maximum Gasteiger partial charge on any atom is 0.349 e. The van der Waals surface area contributed by atoms with E-state index in [0.29, 0.717) is 26.6 Å². The number of carbonyl (C=O) groups is 1. The molecule has 6 heteroatoms. The summed E-state index contributed by atoms with van der Waals surface area (Å²) in [5, 5.41) is 1.39. The Labute approximate surface area is 131 Å². The van der Waals surface area contributed by atoms with E-state index < -0.39 is 5.97 Å². The zero-order valence-corrected chi connectivity index (χ0v) is 12.4. The first-order valence-electron chi connectivity index (χ1n) is 5.59. The Balaban J connectivity index is 1.90. The smallest absolute Gasteiger partial charge is 0.349 e. The number of carbonyl (C=O) groups excluding carboxylic acids is 1. The molecule has 0 amide bonds. The van der Waals surface area contributed by atoms with Gasteiger partial charge in [-0.1, -0.05) is 34.8 Å². The van der Waals surface area contributed by atoms with E-state index in [1.807, 2.05) is 0 Å². The minimum atomic E-state index is -0.543. The standard InChI is InChI=1S/C14H9Cl3O3/c15-9-1-4-11(5-2-9)20-14(18)8-19-13-6-3-10(16)7-12(13)17/h1-7H,8H2. The van der Waals surface area contributed by atoms with Crippen LogP contribution in [0.3, 0.4) is 0 Å². The van der Waals surface area contributed by atoms with Crippen LogP contribution >= 0.6 is 34.8 Å². The maximum absolute atomic E-state index is 11.6. The Hall–Kier alpha value is -1.42. The molecule has 2 rings (SSSR count). The van der Waals surface area contributed by atoms with Crippen LogP contribution < -0.4 is 9.47 Å². The Morgan fingerprint density at radius 2 is 1.60 bits per heavy atom. The van der Waals surface area contributed by atoms with Gasteiger partial charge in [-0.2, -0.15) is 0 Å². The monoisotopic (exact) mass is 330 g/mol. The van der Waals surface area contributed by atoms with E-state index in [1.54, 1.807) is 36.4 Å². The van der Waals surface area contributed by atoms with E-state index >= 15 is 0 Å². The Kier molecular flexibility index (Phi) is 5.12. The topological polar surface area (TPSA) is 35.5 Å². The zero-order valence-electron chi connectivity index (χ0n) is 10.1. The predicted octanol–water partition coefficient (Wildman–Crippen LogP) is 4.63. The molecule has 0 N–H and O–H groups in total. The van der Waals surface area contributed by atoms with Gasteiger partial charge in [0.15, 0.2) is 6.61 Å². The molecule has 0 aliphatic heterocycles. The third-order valence-electron chi connectivity index (χ3n) is 2.28. The van der Waals surface area contributed by atoms with Crippen molar-refractivity contribution in [1.82, 2.24) is 0 Å². The van der Waals surface area contributed by atoms with Crippen molar-refractivity contribution in [3.05, 3.63) is 57.5 Å². The van der Waals surface area contributed by atoms with Crippen molar-refractivity contribution in [3.8, 4) is 11.5 Å². The number of hydrogen-bond acceptors (Lipinski definition) is 3. The first-order chi connectivity index (χ1) is 9.54. The van der Waals surface area contributed by atoms with Gasteiger partial charge in [0.05, 0.1) is 5.02 Å². The van der Waals surface area contributed by atoms with Crippen LogP contribution in [0.1, 0.15) is 0 Å². The van der Waals surface area contributed by atoms with Gasteiger partial charge >= 0.3 is 5.97 Å². The molecule has 0 unspecified atom stereocenters. The summed E-state index contributed by atoms with van der Waals surface area (Å²) in [6, 6.07) is 11.2. The number of benzene rings is 2. The van der Waals surface area contributed by atoms with Crippen molar-refractivity contribution in [3.63, 3.8) is 0 Å². The van der Waals surface area contributed by atoms with Crippen LogP contribution in [0.5, 0.6) is 11.5 Å². The third-order valence-corrected chi connectivity index (χ3v) is 3.07. The SMILES string of the molecule is O=C(COc1ccc(Cl)cc1Cl)Oc1ccc(Cl)cc1. The van der Waals surface area contributed by atoms with Gasteiger partial charge in [-0.25, -0.2) is 4.79 Å². The van der Waals surface area contributed by atoms with Crippen LogP contribution in [0, 0.1) is 0 Å². The van der Waals surface area contributed by atoms with Crippen LogP contribution in [0.15, 0.2) is 42.5 Å². The van der Waals surface area contributed by atoms with E-state index in [0.717, 1.165) is 0 Å². The van der Waals surface area contributed by atoms with Crippen LogP contribution in [-0.2, 0) is 4.79 Å². The van der Waals surface area contributed by atoms with Crippen LogP contribution in [-0.4, -0.2) is 12.6 Å². The molecule has 0 fully saturated rings. The van der Waals surface area contributed by atoms with Gasteiger partial charge < -0.3 is 9.47 Å². The molecule has 3 nitrogen and oxygen atoms in total. The molecule has 0 spiro atoms. The number of esters is 1. The van der Waals surface area contributed by atoms with Crippen molar-refractivity contribution >= 4 is 40.8 Å². The lowest BCUT2D eigenvalue weighted by Gasteiger charge is -2.08. The molecule has 2 aromatic rings. The molecule has 2 aromatic carbocycles. The molecule has 0 saturated heterocycles. The molecule has 104 valence electrons. The lowest BCUT2D eigenvalue weighted by molar-refractivity contribution is -0.136. The Morgan fingerprint density at radius 3 is 2.25 bits per heavy atom.